The van der Waals surface area contributed by atoms with Crippen LogP contribution in [0.4, 0.5) is 13.2 Å². The molecule has 6 atom stereocenters. The second-order valence-electron chi connectivity index (χ2n) is 34.4. The summed E-state index contributed by atoms with van der Waals surface area (Å²) in [6.07, 6.45) is 13.1. The minimum atomic E-state index is -1.21. The lowest BCUT2D eigenvalue weighted by Gasteiger charge is -2.24. The predicted octanol–water partition coefficient (Wildman–Crippen LogP) is 18.2. The molecule has 24 heteroatoms. The maximum Gasteiger partial charge on any atom is 0.304 e. The van der Waals surface area contributed by atoms with Gasteiger partial charge in [0.05, 0.1) is 42.3 Å². The maximum atomic E-state index is 14.3. The number of ether oxygens (including phenoxy) is 3. The van der Waals surface area contributed by atoms with Crippen LogP contribution in [0.5, 0.6) is 34.5 Å². The Morgan fingerprint density at radius 3 is 0.863 bits per heavy atom. The normalized spacial score (nSPS) is 19.0. The minimum Gasteiger partial charge on any atom is -0.481 e. The summed E-state index contributed by atoms with van der Waals surface area (Å²) in [6.45, 7) is 2.58. The molecule has 0 spiro atoms. The van der Waals surface area contributed by atoms with Crippen molar-refractivity contribution in [3.05, 3.63) is 286 Å². The average molecular weight is 1790 g/mol. The summed E-state index contributed by atoms with van der Waals surface area (Å²) in [5, 5.41) is 17.9. The average Bonchev–Trinajstić information content (AvgIpc) is 1.82. The molecule has 9 aromatic rings. The summed E-state index contributed by atoms with van der Waals surface area (Å²) in [6, 6.07) is 60.2. The Morgan fingerprint density at radius 1 is 0.313 bits per heavy atom. The van der Waals surface area contributed by atoms with Gasteiger partial charge in [-0.1, -0.05) is 167 Å². The van der Waals surface area contributed by atoms with Gasteiger partial charge < -0.3 is 45.1 Å². The number of nitrogens with one attached hydrogen (secondary N) is 3. The molecule has 131 heavy (non-hydrogen) atoms. The first-order valence-corrected chi connectivity index (χ1v) is 45.5. The van der Waals surface area contributed by atoms with Gasteiger partial charge in [0.1, 0.15) is 69.3 Å². The zero-order valence-corrected chi connectivity index (χ0v) is 73.4. The molecule has 0 aromatic heterocycles. The Bertz CT molecular complexity index is 5180. The molecule has 18 rings (SSSR count). The van der Waals surface area contributed by atoms with Gasteiger partial charge >= 0.3 is 5.97 Å². The lowest BCUT2D eigenvalue weighted by atomic mass is 9.92. The largest absolute Gasteiger partial charge is 0.481 e. The van der Waals surface area contributed by atoms with Gasteiger partial charge in [-0.3, -0.25) is 57.5 Å². The fourth-order valence-corrected chi connectivity index (χ4v) is 17.0. The van der Waals surface area contributed by atoms with Crippen LogP contribution in [0.3, 0.4) is 0 Å². The molecule has 8 aliphatic heterocycles. The van der Waals surface area contributed by atoms with Gasteiger partial charge in [-0.25, -0.2) is 13.2 Å². The Kier molecular flexibility index (Phi) is 37.8. The molecule has 4 unspecified atom stereocenters. The summed E-state index contributed by atoms with van der Waals surface area (Å²) < 4.78 is 60.6. The number of nitrogens with zero attached hydrogens (tertiary/aromatic N) is 2. The van der Waals surface area contributed by atoms with Crippen molar-refractivity contribution in [2.24, 2.45) is 17.8 Å². The number of benzene rings is 9. The first-order valence-electron chi connectivity index (χ1n) is 45.5. The van der Waals surface area contributed by atoms with Gasteiger partial charge in [-0.2, -0.15) is 0 Å². The molecule has 21 nitrogen and oxygen atoms in total. The third-order valence-electron chi connectivity index (χ3n) is 24.4. The number of aryl methyl sites for hydroxylation is 6. The third kappa shape index (κ3) is 31.7. The van der Waals surface area contributed by atoms with Gasteiger partial charge in [0.2, 0.25) is 29.5 Å². The van der Waals surface area contributed by atoms with Crippen LogP contribution in [0.15, 0.2) is 218 Å². The molecule has 3 fully saturated rings. The number of likely N-dealkylation sites (tertiary alicyclic amines) is 2. The lowest BCUT2D eigenvalue weighted by molar-refractivity contribution is -0.142. The van der Waals surface area contributed by atoms with E-state index in [4.69, 9.17) is 14.2 Å². The maximum absolute atomic E-state index is 14.3. The molecule has 0 radical (unpaired) electrons. The number of carboxylic acid groups (broad SMARTS) is 1. The molecule has 5 amide bonds. The summed E-state index contributed by atoms with van der Waals surface area (Å²) >= 11 is 0. The van der Waals surface area contributed by atoms with Crippen LogP contribution in [0.2, 0.25) is 0 Å². The second-order valence-corrected chi connectivity index (χ2v) is 34.4. The molecule has 2 saturated heterocycles. The van der Waals surface area contributed by atoms with Crippen molar-refractivity contribution in [1.29, 1.82) is 0 Å². The van der Waals surface area contributed by atoms with E-state index in [1.807, 2.05) is 121 Å². The number of carbonyl (C=O) groups excluding carboxylic acids is 11. The van der Waals surface area contributed by atoms with Crippen LogP contribution in [0.25, 0.3) is 0 Å². The molecule has 9 aromatic carbocycles. The highest BCUT2D eigenvalue weighted by Gasteiger charge is 2.36. The number of halogens is 3. The molecule has 1 aliphatic carbocycles. The number of hydrogen-bond acceptors (Lipinski definition) is 15. The SMILES string of the molecule is C.C1CCCC1.O=C(O)C[C@@H]1CC(=O)CCc2cccc(c2)Oc2ccc(cc2)C[C@@H](C(=O)CCc2ccccc2F)NC1=O.O=C1CCc2cccc(c2)Oc2ccc(cc2)CC(C(=O)CCc2ccccc2F)NC(=O)C(CC(=O)N2CCCC2)C1.O=C1CCc2cccc(c2)Oc2ccc(cc2)CC(C(=O)CCc2ccccc2F)NC(=O)C(CC(=O)N2CCCC2)C1. The van der Waals surface area contributed by atoms with Crippen LogP contribution < -0.4 is 30.2 Å². The summed E-state index contributed by atoms with van der Waals surface area (Å²) in [5.41, 5.74) is 6.33. The van der Waals surface area contributed by atoms with Crippen LogP contribution in [-0.2, 0) is 115 Å². The van der Waals surface area contributed by atoms with E-state index in [1.54, 1.807) is 88.7 Å². The van der Waals surface area contributed by atoms with Crippen LogP contribution in [-0.4, -0.2) is 129 Å². The van der Waals surface area contributed by atoms with E-state index in [0.29, 0.717) is 96.6 Å². The molecule has 9 aliphatic rings. The number of ketones is 6. The molecular weight excluding hydrogens is 1670 g/mol. The topological polar surface area (TPSA) is 295 Å². The number of Topliss-reactive ketones (excluding diaryl/α,β-unsaturated/α-hetero) is 6. The molecule has 8 heterocycles. The number of rotatable bonds is 18. The van der Waals surface area contributed by atoms with Gasteiger partial charge in [-0.15, -0.1) is 0 Å². The Morgan fingerprint density at radius 2 is 0.588 bits per heavy atom. The van der Waals surface area contributed by atoms with E-state index in [-0.39, 0.29) is 175 Å². The number of carbonyl (C=O) groups is 12. The highest BCUT2D eigenvalue weighted by atomic mass is 19.1. The first kappa shape index (κ1) is 98.6. The second kappa shape index (κ2) is 50.3. The Balaban J connectivity index is 0.000000184. The highest BCUT2D eigenvalue weighted by Crippen LogP contribution is 2.31. The van der Waals surface area contributed by atoms with E-state index in [1.165, 1.54) is 50.3 Å². The van der Waals surface area contributed by atoms with Gasteiger partial charge in [0.15, 0.2) is 17.3 Å². The monoisotopic (exact) mass is 1790 g/mol. The van der Waals surface area contributed by atoms with E-state index < -0.39 is 71.8 Å². The molecule has 1 saturated carbocycles. The van der Waals surface area contributed by atoms with E-state index in [0.717, 1.165) is 59.1 Å². The summed E-state index contributed by atoms with van der Waals surface area (Å²) in [7, 11) is 0. The van der Waals surface area contributed by atoms with Crippen LogP contribution >= 0.6 is 0 Å². The van der Waals surface area contributed by atoms with Crippen molar-refractivity contribution in [3.63, 3.8) is 0 Å². The zero-order valence-electron chi connectivity index (χ0n) is 73.4. The third-order valence-corrected chi connectivity index (χ3v) is 24.4. The van der Waals surface area contributed by atoms with Gasteiger partial charge in [0, 0.05) is 96.8 Å². The van der Waals surface area contributed by atoms with Crippen LogP contribution in [0, 0.1) is 35.2 Å². The quantitative estimate of drug-likeness (QED) is 0.0621. The molecule has 688 valence electrons. The standard InChI is InChI=1S/2C35H37FN2O5.C31H30FNO6.C5H10.CH4/c2*36-31-9-2-1-7-26(31)13-17-33(40)32-21-25-11-15-29(16-12-25)43-30-8-5-6-24(20-30)10-14-28(39)22-27(35(42)37-32)23-34(41)38-18-3-4-19-38;32-27-7-2-1-5-22(27)11-15-29(35)28-17-21-9-13-25(14-10-21)39-26-6-3-4-20(16-26)8-12-24(34)18-23(19-30(36)37)31(38)33-28;1-2-4-5-3-1;/h2*1-2,5-9,11-12,15-16,20,27,32H,3-4,10,13-14,17-19,21-23H2,(H,37,42);1-7,9-10,13-14,16,23,28H,8,11-12,15,17-19H2,(H,33,38)(H,36,37);1-5H2;1H4/t;;23-,28-;;/m..0../s1. The van der Waals surface area contributed by atoms with Gasteiger partial charge in [-0.05, 0) is 225 Å². The number of amides is 5. The lowest BCUT2D eigenvalue weighted by Crippen LogP contribution is -2.46. The molecule has 12 bridgehead atoms. The number of fused-ring (bicyclic) bond motifs is 30. The highest BCUT2D eigenvalue weighted by molar-refractivity contribution is 5.97. The summed E-state index contributed by atoms with van der Waals surface area (Å²) in [4.78, 5) is 161. The van der Waals surface area contributed by atoms with Crippen molar-refractivity contribution in [2.45, 2.75) is 218 Å². The number of aliphatic carboxylic acids is 1. The fraction of sp³-hybridized carbons (Fsp3) is 0.383. The van der Waals surface area contributed by atoms with Crippen molar-refractivity contribution >= 4 is 70.2 Å². The van der Waals surface area contributed by atoms with Crippen molar-refractivity contribution < 1.29 is 90.0 Å². The van der Waals surface area contributed by atoms with Crippen molar-refractivity contribution in [1.82, 2.24) is 25.8 Å². The minimum absolute atomic E-state index is 0. The number of hydrogen-bond donors (Lipinski definition) is 4. The zero-order chi connectivity index (χ0) is 91.7. The number of carboxylic acids is 1. The predicted molar refractivity (Wildman–Crippen MR) is 492 cm³/mol. The Hall–Kier alpha value is -13.0. The van der Waals surface area contributed by atoms with Crippen LogP contribution in [0.1, 0.15) is 192 Å². The van der Waals surface area contributed by atoms with Crippen molar-refractivity contribution in [2.75, 3.05) is 26.2 Å². The van der Waals surface area contributed by atoms with E-state index in [2.05, 4.69) is 16.0 Å². The van der Waals surface area contributed by atoms with Gasteiger partial charge in [0.25, 0.3) is 0 Å². The summed E-state index contributed by atoms with van der Waals surface area (Å²) in [5.74, 6) is -4.83. The smallest absolute Gasteiger partial charge is 0.304 e. The van der Waals surface area contributed by atoms with Crippen molar-refractivity contribution in [3.8, 4) is 34.5 Å². The Labute approximate surface area is 764 Å². The van der Waals surface area contributed by atoms with E-state index in [9.17, 15) is 75.8 Å². The molecular formula is C107H118F3N5O16. The first-order chi connectivity index (χ1) is 62.9. The molecule has 4 N–H and O–H groups in total. The fourth-order valence-electron chi connectivity index (χ4n) is 17.0. The van der Waals surface area contributed by atoms with E-state index >= 15 is 0 Å².